The maximum absolute atomic E-state index is 12.7. The van der Waals surface area contributed by atoms with E-state index in [0.29, 0.717) is 31.2 Å². The minimum Gasteiger partial charge on any atom is -0.475 e. The molecule has 0 radical (unpaired) electrons. The minimum atomic E-state index is -5.08. The lowest BCUT2D eigenvalue weighted by Crippen LogP contribution is -2.43. The number of nitrogens with two attached hydrogens (primary N) is 1. The Morgan fingerprint density at radius 2 is 1.52 bits per heavy atom. The van der Waals surface area contributed by atoms with Crippen molar-refractivity contribution in [1.29, 1.82) is 0 Å². The number of nitrogens with zero attached hydrogens (tertiary/aromatic N) is 4. The predicted molar refractivity (Wildman–Crippen MR) is 135 cm³/mol. The minimum absolute atomic E-state index is 0.0342. The first kappa shape index (κ1) is 34.1. The molecule has 0 spiro atoms. The Bertz CT molecular complexity index is 1310. The highest BCUT2D eigenvalue weighted by Gasteiger charge is 2.39. The van der Waals surface area contributed by atoms with E-state index in [1.165, 1.54) is 0 Å². The molecule has 11 nitrogen and oxygen atoms in total. The van der Waals surface area contributed by atoms with Crippen molar-refractivity contribution < 1.29 is 55.5 Å². The summed E-state index contributed by atoms with van der Waals surface area (Å²) in [5.41, 5.74) is 8.07. The Balaban J connectivity index is 0.000000367. The van der Waals surface area contributed by atoms with E-state index in [4.69, 9.17) is 30.1 Å². The van der Waals surface area contributed by atoms with Crippen LogP contribution in [0.5, 0.6) is 0 Å². The highest BCUT2D eigenvalue weighted by atomic mass is 79.9. The van der Waals surface area contributed by atoms with Crippen LogP contribution in [0.25, 0.3) is 11.4 Å². The maximum atomic E-state index is 12.7. The van der Waals surface area contributed by atoms with Gasteiger partial charge in [-0.15, -0.1) is 0 Å². The van der Waals surface area contributed by atoms with Crippen LogP contribution in [0.2, 0.25) is 0 Å². The number of carbonyl (C=O) groups is 3. The number of carboxylic acid groups (broad SMARTS) is 2. The number of benzene rings is 1. The van der Waals surface area contributed by atoms with Gasteiger partial charge in [0.1, 0.15) is 0 Å². The second-order valence-electron chi connectivity index (χ2n) is 8.50. The number of rotatable bonds is 5. The second-order valence-corrected chi connectivity index (χ2v) is 9.42. The fourth-order valence-corrected chi connectivity index (χ4v) is 3.64. The summed E-state index contributed by atoms with van der Waals surface area (Å²) in [6, 6.07) is 11.0. The van der Waals surface area contributed by atoms with Gasteiger partial charge in [0.15, 0.2) is 0 Å². The average molecular weight is 670 g/mol. The van der Waals surface area contributed by atoms with Gasteiger partial charge in [-0.25, -0.2) is 9.59 Å². The monoisotopic (exact) mass is 669 g/mol. The largest absolute Gasteiger partial charge is 0.490 e. The first-order valence-corrected chi connectivity index (χ1v) is 12.4. The third-order valence-electron chi connectivity index (χ3n) is 5.40. The molecule has 0 aliphatic carbocycles. The molecule has 1 unspecified atom stereocenters. The molecule has 18 heteroatoms. The van der Waals surface area contributed by atoms with Gasteiger partial charge in [0.25, 0.3) is 0 Å². The van der Waals surface area contributed by atoms with Crippen LogP contribution in [0.3, 0.4) is 0 Å². The number of hydrogen-bond donors (Lipinski definition) is 3. The molecular formula is C24H22BrF6N5O6. The van der Waals surface area contributed by atoms with E-state index < -0.39 is 30.3 Å². The number of carbonyl (C=O) groups excluding carboxylic acids is 1. The van der Waals surface area contributed by atoms with Crippen molar-refractivity contribution in [1.82, 2.24) is 20.0 Å². The van der Waals surface area contributed by atoms with Gasteiger partial charge >= 0.3 is 24.3 Å². The fraction of sp³-hybridized carbons (Fsp3) is 0.333. The van der Waals surface area contributed by atoms with Crippen LogP contribution < -0.4 is 5.73 Å². The lowest BCUT2D eigenvalue weighted by molar-refractivity contribution is -0.193. The molecule has 3 heterocycles. The molecule has 2 atom stereocenters. The lowest BCUT2D eigenvalue weighted by atomic mass is 10.1. The molecular weight excluding hydrogens is 648 g/mol. The lowest BCUT2D eigenvalue weighted by Gasteiger charge is -2.20. The van der Waals surface area contributed by atoms with Gasteiger partial charge in [0, 0.05) is 35.5 Å². The summed E-state index contributed by atoms with van der Waals surface area (Å²) in [5, 5.41) is 18.3. The zero-order valence-electron chi connectivity index (χ0n) is 21.1. The molecule has 1 amide bonds. The average Bonchev–Trinajstić information content (AvgIpc) is 3.60. The molecule has 3 aromatic rings. The summed E-state index contributed by atoms with van der Waals surface area (Å²) in [5.74, 6) is -4.43. The highest BCUT2D eigenvalue weighted by molar-refractivity contribution is 9.10. The first-order chi connectivity index (χ1) is 19.5. The number of alkyl halides is 6. The van der Waals surface area contributed by atoms with Gasteiger partial charge in [0.2, 0.25) is 17.6 Å². The molecule has 0 saturated carbocycles. The first-order valence-electron chi connectivity index (χ1n) is 11.6. The maximum Gasteiger partial charge on any atom is 0.490 e. The molecule has 1 aromatic carbocycles. The Morgan fingerprint density at radius 3 is 2.02 bits per heavy atom. The molecule has 228 valence electrons. The molecule has 4 N–H and O–H groups in total. The number of halogens is 7. The molecule has 1 aliphatic rings. The Morgan fingerprint density at radius 1 is 1.00 bits per heavy atom. The van der Waals surface area contributed by atoms with Crippen molar-refractivity contribution in [3.05, 3.63) is 64.7 Å². The van der Waals surface area contributed by atoms with Gasteiger partial charge in [-0.2, -0.15) is 31.3 Å². The van der Waals surface area contributed by atoms with E-state index in [1.54, 1.807) is 17.3 Å². The summed E-state index contributed by atoms with van der Waals surface area (Å²) in [6.45, 7) is 1.19. The van der Waals surface area contributed by atoms with E-state index in [2.05, 4.69) is 31.1 Å². The van der Waals surface area contributed by atoms with Gasteiger partial charge in [-0.3, -0.25) is 9.78 Å². The topological polar surface area (TPSA) is 173 Å². The van der Waals surface area contributed by atoms with Crippen LogP contribution >= 0.6 is 15.9 Å². The quantitative estimate of drug-likeness (QED) is 0.337. The summed E-state index contributed by atoms with van der Waals surface area (Å²) in [4.78, 5) is 40.8. The Labute approximate surface area is 241 Å². The van der Waals surface area contributed by atoms with Crippen molar-refractivity contribution in [3.63, 3.8) is 0 Å². The molecule has 1 saturated heterocycles. The standard InChI is InChI=1S/C20H20BrN5O2.2C2HF3O2/c21-16-3-1-13(2-4-16)11-17(22)20(27)26-10-7-15(12-26)19-24-18(25-28-19)14-5-8-23-9-6-14;2*3-2(4,5)1(6)7/h1-6,8-9,15,17H,7,10-12,22H2;2*(H,6,7)/t15?,17-;;/m0../s1. The number of likely N-dealkylation sites (tertiary alicyclic amines) is 1. The fourth-order valence-electron chi connectivity index (χ4n) is 3.38. The summed E-state index contributed by atoms with van der Waals surface area (Å²) in [7, 11) is 0. The van der Waals surface area contributed by atoms with Crippen LogP contribution in [-0.2, 0) is 20.8 Å². The zero-order valence-corrected chi connectivity index (χ0v) is 22.7. The molecule has 1 fully saturated rings. The van der Waals surface area contributed by atoms with Crippen LogP contribution in [-0.4, -0.2) is 79.6 Å². The van der Waals surface area contributed by atoms with E-state index >= 15 is 0 Å². The number of aromatic nitrogens is 3. The normalized spacial score (nSPS) is 15.5. The summed E-state index contributed by atoms with van der Waals surface area (Å²) in [6.07, 6.45) is -5.49. The van der Waals surface area contributed by atoms with Crippen molar-refractivity contribution in [2.45, 2.75) is 37.2 Å². The molecule has 0 bridgehead atoms. The number of pyridine rings is 1. The smallest absolute Gasteiger partial charge is 0.475 e. The molecule has 2 aromatic heterocycles. The third kappa shape index (κ3) is 10.7. The highest BCUT2D eigenvalue weighted by Crippen LogP contribution is 2.28. The van der Waals surface area contributed by atoms with Crippen LogP contribution in [0.15, 0.2) is 57.8 Å². The Hall–Kier alpha value is -4.06. The van der Waals surface area contributed by atoms with Crippen molar-refractivity contribution >= 4 is 33.8 Å². The van der Waals surface area contributed by atoms with Crippen LogP contribution in [0.1, 0.15) is 23.8 Å². The van der Waals surface area contributed by atoms with Crippen molar-refractivity contribution in [2.75, 3.05) is 13.1 Å². The number of amides is 1. The number of aliphatic carboxylic acids is 2. The van der Waals surface area contributed by atoms with Crippen LogP contribution in [0, 0.1) is 0 Å². The van der Waals surface area contributed by atoms with Crippen molar-refractivity contribution in [2.24, 2.45) is 5.73 Å². The SMILES string of the molecule is N[C@@H](Cc1ccc(Br)cc1)C(=O)N1CCC(c2nc(-c3ccncc3)no2)C1.O=C(O)C(F)(F)F.O=C(O)C(F)(F)F. The zero-order chi connectivity index (χ0) is 31.7. The summed E-state index contributed by atoms with van der Waals surface area (Å²) >= 11 is 3.41. The van der Waals surface area contributed by atoms with Gasteiger partial charge in [0.05, 0.1) is 12.0 Å². The molecule has 1 aliphatic heterocycles. The van der Waals surface area contributed by atoms with E-state index in [1.807, 2.05) is 36.4 Å². The number of hydrogen-bond acceptors (Lipinski definition) is 8. The van der Waals surface area contributed by atoms with Gasteiger partial charge in [-0.1, -0.05) is 33.2 Å². The molecule has 42 heavy (non-hydrogen) atoms. The number of carboxylic acids is 2. The van der Waals surface area contributed by atoms with Gasteiger partial charge < -0.3 is 25.4 Å². The predicted octanol–water partition coefficient (Wildman–Crippen LogP) is 4.05. The van der Waals surface area contributed by atoms with Crippen molar-refractivity contribution in [3.8, 4) is 11.4 Å². The van der Waals surface area contributed by atoms with E-state index in [-0.39, 0.29) is 11.8 Å². The van der Waals surface area contributed by atoms with E-state index in [0.717, 1.165) is 22.0 Å². The molecule has 4 rings (SSSR count). The Kier molecular flexibility index (Phi) is 12.0. The summed E-state index contributed by atoms with van der Waals surface area (Å²) < 4.78 is 69.9. The van der Waals surface area contributed by atoms with Crippen LogP contribution in [0.4, 0.5) is 26.3 Å². The van der Waals surface area contributed by atoms with E-state index in [9.17, 15) is 31.1 Å². The van der Waals surface area contributed by atoms with Gasteiger partial charge in [-0.05, 0) is 42.7 Å². The second kappa shape index (κ2) is 14.7. The third-order valence-corrected chi connectivity index (χ3v) is 5.93.